The van der Waals surface area contributed by atoms with Gasteiger partial charge in [0.25, 0.3) is 0 Å². The van der Waals surface area contributed by atoms with Gasteiger partial charge in [0.05, 0.1) is 9.16 Å². The van der Waals surface area contributed by atoms with Gasteiger partial charge in [-0.2, -0.15) is 0 Å². The van der Waals surface area contributed by atoms with Crippen LogP contribution in [-0.2, 0) is 0 Å². The largest absolute Gasteiger partial charge is 0.131 e. The smallest absolute Gasteiger partial charge is 0.0942 e. The Morgan fingerprint density at radius 1 is 1.31 bits per heavy atom. The number of rotatable bonds is 2. The normalized spacial score (nSPS) is 12.8. The molecule has 0 aliphatic heterocycles. The van der Waals surface area contributed by atoms with Crippen molar-refractivity contribution in [1.82, 2.24) is 0 Å². The van der Waals surface area contributed by atoms with Gasteiger partial charge in [-0.05, 0) is 46.1 Å². The first kappa shape index (κ1) is 12.4. The standard InChI is InChI=1S/C12H9BrCl2S/c1-7-6-10(16-12(7)13)11(15)8-4-2-3-5-9(8)14/h2-6,11H,1H3. The highest BCUT2D eigenvalue weighted by atomic mass is 79.9. The van der Waals surface area contributed by atoms with Gasteiger partial charge in [0.2, 0.25) is 0 Å². The van der Waals surface area contributed by atoms with Crippen molar-refractivity contribution < 1.29 is 0 Å². The van der Waals surface area contributed by atoms with Gasteiger partial charge in [-0.15, -0.1) is 22.9 Å². The minimum Gasteiger partial charge on any atom is -0.131 e. The monoisotopic (exact) mass is 334 g/mol. The SMILES string of the molecule is Cc1cc(C(Cl)c2ccccc2Cl)sc1Br. The van der Waals surface area contributed by atoms with E-state index in [4.69, 9.17) is 23.2 Å². The molecule has 0 aliphatic carbocycles. The van der Waals surface area contributed by atoms with E-state index in [2.05, 4.69) is 28.9 Å². The van der Waals surface area contributed by atoms with E-state index < -0.39 is 0 Å². The lowest BCUT2D eigenvalue weighted by Crippen LogP contribution is -1.90. The fourth-order valence-electron chi connectivity index (χ4n) is 1.44. The van der Waals surface area contributed by atoms with Crippen molar-refractivity contribution in [2.45, 2.75) is 12.3 Å². The number of hydrogen-bond donors (Lipinski definition) is 0. The summed E-state index contributed by atoms with van der Waals surface area (Å²) in [7, 11) is 0. The predicted octanol–water partition coefficient (Wildman–Crippen LogP) is 5.80. The molecule has 0 radical (unpaired) electrons. The molecule has 1 aromatic heterocycles. The number of aryl methyl sites for hydroxylation is 1. The highest BCUT2D eigenvalue weighted by Gasteiger charge is 2.16. The van der Waals surface area contributed by atoms with Crippen molar-refractivity contribution in [3.63, 3.8) is 0 Å². The van der Waals surface area contributed by atoms with E-state index >= 15 is 0 Å². The molecule has 0 nitrogen and oxygen atoms in total. The van der Waals surface area contributed by atoms with Gasteiger partial charge in [-0.3, -0.25) is 0 Å². The molecule has 0 amide bonds. The molecule has 0 saturated carbocycles. The lowest BCUT2D eigenvalue weighted by molar-refractivity contribution is 1.18. The quantitative estimate of drug-likeness (QED) is 0.608. The summed E-state index contributed by atoms with van der Waals surface area (Å²) in [6.45, 7) is 2.06. The summed E-state index contributed by atoms with van der Waals surface area (Å²) in [5.41, 5.74) is 2.16. The molecule has 1 unspecified atom stereocenters. The van der Waals surface area contributed by atoms with Gasteiger partial charge in [-0.25, -0.2) is 0 Å². The van der Waals surface area contributed by atoms with E-state index in [1.54, 1.807) is 11.3 Å². The lowest BCUT2D eigenvalue weighted by atomic mass is 10.1. The summed E-state index contributed by atoms with van der Waals surface area (Å²) in [5.74, 6) is 0. The molecule has 1 atom stereocenters. The molecule has 0 aliphatic rings. The van der Waals surface area contributed by atoms with Crippen LogP contribution in [0.25, 0.3) is 0 Å². The molecule has 0 bridgehead atoms. The van der Waals surface area contributed by atoms with Crippen molar-refractivity contribution in [1.29, 1.82) is 0 Å². The van der Waals surface area contributed by atoms with Crippen molar-refractivity contribution in [2.75, 3.05) is 0 Å². The fourth-order valence-corrected chi connectivity index (χ4v) is 3.70. The first-order valence-electron chi connectivity index (χ1n) is 4.74. The number of hydrogen-bond acceptors (Lipinski definition) is 1. The van der Waals surface area contributed by atoms with E-state index in [1.807, 2.05) is 24.3 Å². The second-order valence-corrected chi connectivity index (χ2v) is 6.73. The van der Waals surface area contributed by atoms with Crippen molar-refractivity contribution in [2.24, 2.45) is 0 Å². The van der Waals surface area contributed by atoms with Crippen LogP contribution in [0.2, 0.25) is 5.02 Å². The first-order valence-corrected chi connectivity index (χ1v) is 7.16. The third kappa shape index (κ3) is 2.45. The summed E-state index contributed by atoms with van der Waals surface area (Å²) >= 11 is 17.7. The maximum absolute atomic E-state index is 6.43. The van der Waals surface area contributed by atoms with E-state index in [9.17, 15) is 0 Å². The Labute approximate surface area is 117 Å². The lowest BCUT2D eigenvalue weighted by Gasteiger charge is -2.09. The Morgan fingerprint density at radius 3 is 2.56 bits per heavy atom. The molecule has 2 aromatic rings. The molecular weight excluding hydrogens is 327 g/mol. The molecule has 84 valence electrons. The van der Waals surface area contributed by atoms with Crippen LogP contribution in [0.3, 0.4) is 0 Å². The van der Waals surface area contributed by atoms with E-state index in [-0.39, 0.29) is 5.38 Å². The molecule has 0 spiro atoms. The molecular formula is C12H9BrCl2S. The van der Waals surface area contributed by atoms with Crippen molar-refractivity contribution in [3.8, 4) is 0 Å². The second-order valence-electron chi connectivity index (χ2n) is 3.49. The van der Waals surface area contributed by atoms with Crippen LogP contribution in [0.15, 0.2) is 34.1 Å². The third-order valence-electron chi connectivity index (χ3n) is 2.30. The minimum atomic E-state index is -0.177. The zero-order valence-corrected chi connectivity index (χ0v) is 12.4. The maximum Gasteiger partial charge on any atom is 0.0942 e. The van der Waals surface area contributed by atoms with Crippen molar-refractivity contribution >= 4 is 50.5 Å². The first-order chi connectivity index (χ1) is 7.59. The zero-order valence-electron chi connectivity index (χ0n) is 8.51. The Kier molecular flexibility index (Phi) is 3.96. The molecule has 0 saturated heterocycles. The van der Waals surface area contributed by atoms with Crippen molar-refractivity contribution in [3.05, 3.63) is 55.1 Å². The summed E-state index contributed by atoms with van der Waals surface area (Å²) in [6.07, 6.45) is 0. The van der Waals surface area contributed by atoms with Crippen LogP contribution in [0.4, 0.5) is 0 Å². The predicted molar refractivity (Wildman–Crippen MR) is 75.9 cm³/mol. The second kappa shape index (κ2) is 5.09. The Bertz CT molecular complexity index is 488. The Morgan fingerprint density at radius 2 is 2.00 bits per heavy atom. The summed E-state index contributed by atoms with van der Waals surface area (Å²) < 4.78 is 1.13. The van der Waals surface area contributed by atoms with Crippen LogP contribution in [0, 0.1) is 6.92 Å². The van der Waals surface area contributed by atoms with Gasteiger partial charge < -0.3 is 0 Å². The molecule has 4 heteroatoms. The van der Waals surface area contributed by atoms with E-state index in [0.717, 1.165) is 14.2 Å². The molecule has 2 rings (SSSR count). The number of thiophene rings is 1. The van der Waals surface area contributed by atoms with Gasteiger partial charge >= 0.3 is 0 Å². The molecule has 1 heterocycles. The molecule has 1 aromatic carbocycles. The van der Waals surface area contributed by atoms with Crippen LogP contribution >= 0.6 is 50.5 Å². The van der Waals surface area contributed by atoms with Gasteiger partial charge in [0, 0.05) is 9.90 Å². The van der Waals surface area contributed by atoms with Gasteiger partial charge in [-0.1, -0.05) is 29.8 Å². The fraction of sp³-hybridized carbons (Fsp3) is 0.167. The highest BCUT2D eigenvalue weighted by molar-refractivity contribution is 9.11. The molecule has 16 heavy (non-hydrogen) atoms. The van der Waals surface area contributed by atoms with E-state index in [1.165, 1.54) is 5.56 Å². The molecule has 0 N–H and O–H groups in total. The van der Waals surface area contributed by atoms with Gasteiger partial charge in [0.1, 0.15) is 0 Å². The van der Waals surface area contributed by atoms with Crippen LogP contribution in [0.1, 0.15) is 21.4 Å². The highest BCUT2D eigenvalue weighted by Crippen LogP contribution is 2.39. The van der Waals surface area contributed by atoms with Gasteiger partial charge in [0.15, 0.2) is 0 Å². The average molecular weight is 336 g/mol. The molecule has 0 fully saturated rings. The number of alkyl halides is 1. The number of benzene rings is 1. The summed E-state index contributed by atoms with van der Waals surface area (Å²) in [4.78, 5) is 1.11. The maximum atomic E-state index is 6.43. The minimum absolute atomic E-state index is 0.177. The van der Waals surface area contributed by atoms with E-state index in [0.29, 0.717) is 5.02 Å². The Balaban J connectivity index is 2.39. The van der Waals surface area contributed by atoms with Crippen LogP contribution in [-0.4, -0.2) is 0 Å². The van der Waals surface area contributed by atoms with Crippen LogP contribution < -0.4 is 0 Å². The topological polar surface area (TPSA) is 0 Å². The average Bonchev–Trinajstić information content (AvgIpc) is 2.59. The summed E-state index contributed by atoms with van der Waals surface area (Å²) in [6, 6.07) is 9.78. The zero-order chi connectivity index (χ0) is 11.7. The Hall–Kier alpha value is -0.0200. The summed E-state index contributed by atoms with van der Waals surface area (Å²) in [5, 5.41) is 0.536. The number of halogens is 3. The third-order valence-corrected chi connectivity index (χ3v) is 5.45. The van der Waals surface area contributed by atoms with Crippen LogP contribution in [0.5, 0.6) is 0 Å².